The van der Waals surface area contributed by atoms with Crippen LogP contribution < -0.4 is 5.11 Å². The third-order valence-corrected chi connectivity index (χ3v) is 8.39. The maximum atomic E-state index is 12.6. The number of nitrogens with zero attached hydrogens (tertiary/aromatic N) is 1. The average Bonchev–Trinajstić information content (AvgIpc) is 3.11. The van der Waals surface area contributed by atoms with E-state index >= 15 is 0 Å². The lowest BCUT2D eigenvalue weighted by atomic mass is 10.1. The Labute approximate surface area is 323 Å². The molecule has 0 heterocycles. The number of carboxylic acids is 1. The van der Waals surface area contributed by atoms with Crippen LogP contribution in [0.25, 0.3) is 0 Å². The highest BCUT2D eigenvalue weighted by Gasteiger charge is 2.25. The number of unbranched alkanes of at least 4 members (excludes halogenated alkanes) is 11. The predicted molar refractivity (Wildman–Crippen MR) is 217 cm³/mol. The van der Waals surface area contributed by atoms with E-state index in [1.54, 1.807) is 21.1 Å². The SMILES string of the molecule is CCC/C=C/C=C/C=C/C=C/C=C/CCCCCCCC(=O)OCC(COCCC(C(=O)[O-])[N+](C)(C)C)OC(=O)CCCCC/C=C/C=C/CCCC. The number of carbonyl (C=O) groups excluding carboxylic acids is 3. The topological polar surface area (TPSA) is 102 Å². The molecule has 0 bridgehead atoms. The van der Waals surface area contributed by atoms with Crippen LogP contribution in [0.2, 0.25) is 0 Å². The third-order valence-electron chi connectivity index (χ3n) is 8.39. The molecule has 0 aliphatic heterocycles. The van der Waals surface area contributed by atoms with Gasteiger partial charge < -0.3 is 28.6 Å². The number of carboxylic acid groups (broad SMARTS) is 1. The van der Waals surface area contributed by atoms with Crippen molar-refractivity contribution < 1.29 is 38.2 Å². The molecule has 0 radical (unpaired) electrons. The van der Waals surface area contributed by atoms with Crippen molar-refractivity contribution in [3.8, 4) is 0 Å². The number of hydrogen-bond donors (Lipinski definition) is 0. The number of carbonyl (C=O) groups is 3. The van der Waals surface area contributed by atoms with Crippen LogP contribution in [0.4, 0.5) is 0 Å². The summed E-state index contributed by atoms with van der Waals surface area (Å²) < 4.78 is 17.0. The Hall–Kier alpha value is -3.49. The van der Waals surface area contributed by atoms with Crippen molar-refractivity contribution in [2.75, 3.05) is 41.0 Å². The fraction of sp³-hybridized carbons (Fsp3) is 0.622. The molecule has 8 nitrogen and oxygen atoms in total. The van der Waals surface area contributed by atoms with Gasteiger partial charge in [0, 0.05) is 19.3 Å². The van der Waals surface area contributed by atoms with Crippen LogP contribution in [-0.4, -0.2) is 75.5 Å². The second kappa shape index (κ2) is 35.5. The van der Waals surface area contributed by atoms with Crippen molar-refractivity contribution in [1.29, 1.82) is 0 Å². The van der Waals surface area contributed by atoms with Crippen molar-refractivity contribution >= 4 is 17.9 Å². The van der Waals surface area contributed by atoms with Crippen LogP contribution in [0.15, 0.2) is 85.1 Å². The van der Waals surface area contributed by atoms with Gasteiger partial charge in [0.05, 0.1) is 40.3 Å². The molecule has 0 saturated carbocycles. The lowest BCUT2D eigenvalue weighted by Gasteiger charge is -2.34. The largest absolute Gasteiger partial charge is 0.544 e. The highest BCUT2D eigenvalue weighted by Crippen LogP contribution is 2.11. The van der Waals surface area contributed by atoms with Gasteiger partial charge in [-0.1, -0.05) is 144 Å². The first-order chi connectivity index (χ1) is 25.6. The van der Waals surface area contributed by atoms with Gasteiger partial charge in [0.2, 0.25) is 0 Å². The third kappa shape index (κ3) is 34.1. The second-order valence-corrected chi connectivity index (χ2v) is 14.3. The molecular weight excluding hydrogens is 666 g/mol. The van der Waals surface area contributed by atoms with E-state index < -0.39 is 18.1 Å². The number of quaternary nitrogens is 1. The maximum absolute atomic E-state index is 12.6. The molecule has 0 aromatic carbocycles. The molecule has 0 saturated heterocycles. The Balaban J connectivity index is 4.48. The molecule has 53 heavy (non-hydrogen) atoms. The van der Waals surface area contributed by atoms with E-state index in [4.69, 9.17) is 14.2 Å². The van der Waals surface area contributed by atoms with E-state index in [0.29, 0.717) is 12.8 Å². The van der Waals surface area contributed by atoms with Crippen molar-refractivity contribution in [1.82, 2.24) is 0 Å². The molecular formula is C45H73NO7. The minimum Gasteiger partial charge on any atom is -0.544 e. The summed E-state index contributed by atoms with van der Waals surface area (Å²) in [5.41, 5.74) is 0. The van der Waals surface area contributed by atoms with Gasteiger partial charge in [-0.3, -0.25) is 9.59 Å². The van der Waals surface area contributed by atoms with Gasteiger partial charge in [0.25, 0.3) is 0 Å². The summed E-state index contributed by atoms with van der Waals surface area (Å²) >= 11 is 0. The molecule has 0 spiro atoms. The fourth-order valence-corrected chi connectivity index (χ4v) is 5.19. The number of esters is 2. The monoisotopic (exact) mass is 740 g/mol. The van der Waals surface area contributed by atoms with E-state index in [1.807, 2.05) is 36.5 Å². The predicted octanol–water partition coefficient (Wildman–Crippen LogP) is 9.24. The summed E-state index contributed by atoms with van der Waals surface area (Å²) in [6.45, 7) is 4.43. The van der Waals surface area contributed by atoms with Crippen LogP contribution in [0.3, 0.4) is 0 Å². The highest BCUT2D eigenvalue weighted by molar-refractivity contribution is 5.70. The molecule has 0 amide bonds. The van der Waals surface area contributed by atoms with Crippen LogP contribution in [0.5, 0.6) is 0 Å². The maximum Gasteiger partial charge on any atom is 0.306 e. The van der Waals surface area contributed by atoms with E-state index in [0.717, 1.165) is 70.6 Å². The van der Waals surface area contributed by atoms with Gasteiger partial charge in [-0.2, -0.15) is 0 Å². The van der Waals surface area contributed by atoms with Crippen LogP contribution in [-0.2, 0) is 28.6 Å². The van der Waals surface area contributed by atoms with Crippen molar-refractivity contribution in [3.63, 3.8) is 0 Å². The number of allylic oxidation sites excluding steroid dienone is 14. The average molecular weight is 740 g/mol. The summed E-state index contributed by atoms with van der Waals surface area (Å²) in [6.07, 6.45) is 44.6. The minimum absolute atomic E-state index is 0.0157. The molecule has 0 N–H and O–H groups in total. The van der Waals surface area contributed by atoms with E-state index in [2.05, 4.69) is 62.5 Å². The number of rotatable bonds is 34. The number of ether oxygens (including phenoxy) is 3. The summed E-state index contributed by atoms with van der Waals surface area (Å²) in [4.78, 5) is 36.7. The zero-order valence-corrected chi connectivity index (χ0v) is 33.9. The molecule has 8 heteroatoms. The summed E-state index contributed by atoms with van der Waals surface area (Å²) in [7, 11) is 5.37. The summed E-state index contributed by atoms with van der Waals surface area (Å²) in [5, 5.41) is 11.6. The molecule has 2 atom stereocenters. The molecule has 0 aromatic heterocycles. The van der Waals surface area contributed by atoms with E-state index in [9.17, 15) is 19.5 Å². The van der Waals surface area contributed by atoms with Gasteiger partial charge in [0.15, 0.2) is 6.10 Å². The van der Waals surface area contributed by atoms with E-state index in [1.165, 1.54) is 19.3 Å². The van der Waals surface area contributed by atoms with Gasteiger partial charge >= 0.3 is 11.9 Å². The molecule has 0 aliphatic rings. The summed E-state index contributed by atoms with van der Waals surface area (Å²) in [6, 6.07) is -0.738. The van der Waals surface area contributed by atoms with Gasteiger partial charge in [0.1, 0.15) is 12.6 Å². The molecule has 0 fully saturated rings. The highest BCUT2D eigenvalue weighted by atomic mass is 16.6. The zero-order valence-electron chi connectivity index (χ0n) is 33.9. The molecule has 0 rings (SSSR count). The lowest BCUT2D eigenvalue weighted by molar-refractivity contribution is -0.889. The fourth-order valence-electron chi connectivity index (χ4n) is 5.19. The van der Waals surface area contributed by atoms with Gasteiger partial charge in [-0.25, -0.2) is 0 Å². The van der Waals surface area contributed by atoms with Crippen LogP contribution in [0.1, 0.15) is 129 Å². The first kappa shape index (κ1) is 49.5. The molecule has 0 aromatic rings. The van der Waals surface area contributed by atoms with Gasteiger partial charge in [-0.15, -0.1) is 0 Å². The summed E-state index contributed by atoms with van der Waals surface area (Å²) in [5.74, 6) is -1.82. The van der Waals surface area contributed by atoms with Gasteiger partial charge in [-0.05, 0) is 51.4 Å². The quantitative estimate of drug-likeness (QED) is 0.0281. The normalized spacial score (nSPS) is 13.9. The Morgan fingerprint density at radius 2 is 1.04 bits per heavy atom. The number of likely N-dealkylation sites (N-methyl/N-ethyl adjacent to an activating group) is 1. The first-order valence-electron chi connectivity index (χ1n) is 20.2. The van der Waals surface area contributed by atoms with Crippen LogP contribution in [0, 0.1) is 0 Å². The zero-order chi connectivity index (χ0) is 39.3. The molecule has 2 unspecified atom stereocenters. The number of hydrogen-bond acceptors (Lipinski definition) is 7. The smallest absolute Gasteiger partial charge is 0.306 e. The Bertz CT molecular complexity index is 1140. The number of aliphatic carboxylic acids is 1. The Morgan fingerprint density at radius 1 is 0.566 bits per heavy atom. The minimum atomic E-state index is -1.14. The van der Waals surface area contributed by atoms with Crippen molar-refractivity contribution in [3.05, 3.63) is 85.1 Å². The lowest BCUT2D eigenvalue weighted by Crippen LogP contribution is -2.55. The molecule has 300 valence electrons. The Morgan fingerprint density at radius 3 is 1.58 bits per heavy atom. The standard InChI is InChI=1S/C45H73NO7/c1-6-8-10-12-14-16-18-19-20-21-22-23-24-26-27-29-31-33-35-43(47)52-40-41(39-51-38-37-42(45(49)50)46(3,4)5)53-44(48)36-34-32-30-28-25-17-15-13-11-9-7-2/h10,12-23,25,41-42H,6-9,11,24,26-40H2,1-5H3/b12-10+,15-13+,16-14+,19-18+,21-20+,23-22+,25-17+. The second-order valence-electron chi connectivity index (χ2n) is 14.3. The van der Waals surface area contributed by atoms with Crippen molar-refractivity contribution in [2.24, 2.45) is 0 Å². The van der Waals surface area contributed by atoms with Crippen molar-refractivity contribution in [2.45, 2.75) is 142 Å². The molecule has 0 aliphatic carbocycles. The van der Waals surface area contributed by atoms with Crippen LogP contribution >= 0.6 is 0 Å². The Kier molecular flexibility index (Phi) is 33.2. The van der Waals surface area contributed by atoms with E-state index in [-0.39, 0.29) is 49.1 Å². The first-order valence-corrected chi connectivity index (χ1v) is 20.2.